The molecule has 11 heavy (non-hydrogen) atoms. The lowest BCUT2D eigenvalue weighted by atomic mass is 10.1. The van der Waals surface area contributed by atoms with Gasteiger partial charge < -0.3 is 6.42 Å². The van der Waals surface area contributed by atoms with Crippen LogP contribution in [-0.2, 0) is 0 Å². The van der Waals surface area contributed by atoms with Gasteiger partial charge in [-0.1, -0.05) is 51.4 Å². The predicted octanol–water partition coefficient (Wildman–Crippen LogP) is 4.11. The number of hydrogen-bond donors (Lipinski definition) is 0. The minimum absolute atomic E-state index is 1.38. The molecule has 0 saturated heterocycles. The van der Waals surface area contributed by atoms with Crippen molar-refractivity contribution < 1.29 is 0 Å². The van der Waals surface area contributed by atoms with E-state index in [2.05, 4.69) is 6.42 Å². The summed E-state index contributed by atoms with van der Waals surface area (Å²) in [5.41, 5.74) is 0. The van der Waals surface area contributed by atoms with Gasteiger partial charge in [-0.2, -0.15) is 12.8 Å². The quantitative estimate of drug-likeness (QED) is 0.459. The van der Waals surface area contributed by atoms with Crippen molar-refractivity contribution in [3.8, 4) is 0 Å². The Kier molecular flexibility index (Phi) is 5.53. The summed E-state index contributed by atoms with van der Waals surface area (Å²) in [5, 5.41) is 0. The summed E-state index contributed by atoms with van der Waals surface area (Å²) in [6.07, 6.45) is 17.0. The summed E-state index contributed by atoms with van der Waals surface area (Å²) in [6.45, 7) is 0. The summed E-state index contributed by atoms with van der Waals surface area (Å²) in [6, 6.07) is 0. The molecule has 0 nitrogen and oxygen atoms in total. The van der Waals surface area contributed by atoms with Crippen LogP contribution < -0.4 is 0 Å². The maximum atomic E-state index is 2.49. The monoisotopic (exact) mass is 153 g/mol. The van der Waals surface area contributed by atoms with Gasteiger partial charge >= 0.3 is 0 Å². The van der Waals surface area contributed by atoms with Gasteiger partial charge in [0.1, 0.15) is 0 Å². The van der Waals surface area contributed by atoms with E-state index in [4.69, 9.17) is 0 Å². The van der Waals surface area contributed by atoms with Crippen molar-refractivity contribution in [2.75, 3.05) is 0 Å². The van der Waals surface area contributed by atoms with Gasteiger partial charge in [-0.15, -0.1) is 0 Å². The maximum Gasteiger partial charge on any atom is -0.0533 e. The largest absolute Gasteiger partial charge is 0.328 e. The highest BCUT2D eigenvalue weighted by molar-refractivity contribution is 4.65. The van der Waals surface area contributed by atoms with Crippen molar-refractivity contribution in [3.05, 3.63) is 6.42 Å². The molecule has 0 aliphatic heterocycles. The zero-order valence-corrected chi connectivity index (χ0v) is 7.65. The molecule has 0 radical (unpaired) electrons. The van der Waals surface area contributed by atoms with Crippen molar-refractivity contribution in [3.63, 3.8) is 0 Å². The molecular weight excluding hydrogens is 132 g/mol. The zero-order chi connectivity index (χ0) is 7.78. The standard InChI is InChI=1S/C11H21/c1-2-4-6-8-10-11-9-7-5-3-1/h1H,2-11H2/q-1. The Balaban J connectivity index is 2.02. The van der Waals surface area contributed by atoms with Gasteiger partial charge in [0.25, 0.3) is 0 Å². The lowest BCUT2D eigenvalue weighted by Crippen LogP contribution is -1.79. The molecule has 0 aromatic carbocycles. The molecular formula is C11H21-. The molecule has 1 aliphatic carbocycles. The third kappa shape index (κ3) is 5.29. The molecule has 0 heterocycles. The Morgan fingerprint density at radius 2 is 0.818 bits per heavy atom. The van der Waals surface area contributed by atoms with Crippen LogP contribution in [0.4, 0.5) is 0 Å². The minimum atomic E-state index is 1.38. The van der Waals surface area contributed by atoms with E-state index in [1.807, 2.05) is 0 Å². The average molecular weight is 153 g/mol. The second-order valence-corrected chi connectivity index (χ2v) is 3.69. The fourth-order valence-electron chi connectivity index (χ4n) is 1.78. The van der Waals surface area contributed by atoms with E-state index in [1.54, 1.807) is 0 Å². The summed E-state index contributed by atoms with van der Waals surface area (Å²) in [7, 11) is 0. The van der Waals surface area contributed by atoms with Crippen LogP contribution in [0, 0.1) is 6.42 Å². The number of rotatable bonds is 0. The summed E-state index contributed by atoms with van der Waals surface area (Å²) < 4.78 is 0. The molecule has 0 heteroatoms. The van der Waals surface area contributed by atoms with Crippen molar-refractivity contribution in [1.82, 2.24) is 0 Å². The molecule has 1 fully saturated rings. The van der Waals surface area contributed by atoms with E-state index in [0.29, 0.717) is 0 Å². The summed E-state index contributed by atoms with van der Waals surface area (Å²) in [5.74, 6) is 0. The molecule has 0 N–H and O–H groups in total. The highest BCUT2D eigenvalue weighted by Gasteiger charge is 1.91. The Labute approximate surface area is 71.4 Å². The predicted molar refractivity (Wildman–Crippen MR) is 50.5 cm³/mol. The van der Waals surface area contributed by atoms with Crippen molar-refractivity contribution in [1.29, 1.82) is 0 Å². The molecule has 66 valence electrons. The van der Waals surface area contributed by atoms with E-state index in [-0.39, 0.29) is 0 Å². The topological polar surface area (TPSA) is 0 Å². The second-order valence-electron chi connectivity index (χ2n) is 3.69. The van der Waals surface area contributed by atoms with Gasteiger partial charge in [-0.05, 0) is 0 Å². The van der Waals surface area contributed by atoms with E-state index >= 15 is 0 Å². The van der Waals surface area contributed by atoms with Gasteiger partial charge in [0.15, 0.2) is 0 Å². The smallest absolute Gasteiger partial charge is 0.0533 e. The zero-order valence-electron chi connectivity index (χ0n) is 7.65. The molecule has 0 atom stereocenters. The van der Waals surface area contributed by atoms with E-state index in [9.17, 15) is 0 Å². The third-order valence-electron chi connectivity index (χ3n) is 2.57. The summed E-state index contributed by atoms with van der Waals surface area (Å²) >= 11 is 0. The molecule has 0 amide bonds. The van der Waals surface area contributed by atoms with Crippen LogP contribution in [0.1, 0.15) is 64.2 Å². The van der Waals surface area contributed by atoms with Crippen LogP contribution in [0.2, 0.25) is 0 Å². The van der Waals surface area contributed by atoms with Crippen LogP contribution in [0.15, 0.2) is 0 Å². The van der Waals surface area contributed by atoms with Crippen LogP contribution in [0.5, 0.6) is 0 Å². The second kappa shape index (κ2) is 6.69. The highest BCUT2D eigenvalue weighted by Crippen LogP contribution is 2.15. The molecule has 0 bridgehead atoms. The van der Waals surface area contributed by atoms with Gasteiger partial charge in [0, 0.05) is 0 Å². The molecule has 0 aromatic heterocycles. The first-order valence-electron chi connectivity index (χ1n) is 5.32. The van der Waals surface area contributed by atoms with Crippen molar-refractivity contribution >= 4 is 0 Å². The first-order valence-corrected chi connectivity index (χ1v) is 5.32. The van der Waals surface area contributed by atoms with Crippen LogP contribution in [0.3, 0.4) is 0 Å². The average Bonchev–Trinajstić information content (AvgIpc) is 2.08. The Hall–Kier alpha value is 0. The van der Waals surface area contributed by atoms with Gasteiger partial charge in [0.05, 0.1) is 0 Å². The van der Waals surface area contributed by atoms with E-state index < -0.39 is 0 Å². The first kappa shape index (κ1) is 9.09. The maximum absolute atomic E-state index is 2.49. The fraction of sp³-hybridized carbons (Fsp3) is 0.909. The summed E-state index contributed by atoms with van der Waals surface area (Å²) in [4.78, 5) is 0. The lowest BCUT2D eigenvalue weighted by Gasteiger charge is -2.08. The normalized spacial score (nSPS) is 24.0. The number of hydrogen-bond acceptors (Lipinski definition) is 0. The van der Waals surface area contributed by atoms with Gasteiger partial charge in [-0.25, -0.2) is 0 Å². The van der Waals surface area contributed by atoms with Crippen LogP contribution in [-0.4, -0.2) is 0 Å². The Bertz CT molecular complexity index is 38.1. The molecule has 1 aliphatic rings. The molecule has 0 spiro atoms. The lowest BCUT2D eigenvalue weighted by molar-refractivity contribution is 0.585. The van der Waals surface area contributed by atoms with Gasteiger partial charge in [-0.3, -0.25) is 0 Å². The molecule has 0 aromatic rings. The van der Waals surface area contributed by atoms with Crippen LogP contribution >= 0.6 is 0 Å². The minimum Gasteiger partial charge on any atom is -0.328 e. The third-order valence-corrected chi connectivity index (χ3v) is 2.57. The van der Waals surface area contributed by atoms with Crippen molar-refractivity contribution in [2.24, 2.45) is 0 Å². The molecule has 1 saturated carbocycles. The molecule has 0 unspecified atom stereocenters. The first-order chi connectivity index (χ1) is 5.50. The Morgan fingerprint density at radius 1 is 0.455 bits per heavy atom. The SMILES string of the molecule is [CH-]1CCCCCCCCCC1. The van der Waals surface area contributed by atoms with Gasteiger partial charge in [0.2, 0.25) is 0 Å². The Morgan fingerprint density at radius 3 is 1.27 bits per heavy atom. The van der Waals surface area contributed by atoms with E-state index in [1.165, 1.54) is 64.2 Å². The van der Waals surface area contributed by atoms with E-state index in [0.717, 1.165) is 0 Å². The van der Waals surface area contributed by atoms with Crippen LogP contribution in [0.25, 0.3) is 0 Å². The molecule has 1 rings (SSSR count). The van der Waals surface area contributed by atoms with Crippen molar-refractivity contribution in [2.45, 2.75) is 64.2 Å². The highest BCUT2D eigenvalue weighted by atomic mass is 14.0. The fourth-order valence-corrected chi connectivity index (χ4v) is 1.78.